The molecule has 0 aromatic carbocycles. The molecule has 7 heteroatoms. The van der Waals surface area contributed by atoms with Crippen molar-refractivity contribution < 1.29 is 74.5 Å². The molecule has 1 unspecified atom stereocenters. The zero-order chi connectivity index (χ0) is 8.20. The van der Waals surface area contributed by atoms with Crippen LogP contribution in [0.25, 0.3) is 0 Å². The second kappa shape index (κ2) is 6.88. The van der Waals surface area contributed by atoms with E-state index >= 15 is 0 Å². The van der Waals surface area contributed by atoms with Gasteiger partial charge in [0.05, 0.1) is 12.7 Å². The Bertz CT molecular complexity index is 99.8. The Hall–Kier alpha value is 1.41. The van der Waals surface area contributed by atoms with Crippen LogP contribution in [0.1, 0.15) is 6.42 Å². The van der Waals surface area contributed by atoms with Crippen molar-refractivity contribution in [2.24, 2.45) is 0 Å². The average Bonchev–Trinajstić information content (AvgIpc) is 1.81. The van der Waals surface area contributed by atoms with Gasteiger partial charge < -0.3 is 23.2 Å². The van der Waals surface area contributed by atoms with Gasteiger partial charge in [0.1, 0.15) is 0 Å². The van der Waals surface area contributed by atoms with Gasteiger partial charge in [0.2, 0.25) is 0 Å². The first-order valence-corrected chi connectivity index (χ1v) is 2.95. The van der Waals surface area contributed by atoms with E-state index in [-0.39, 0.29) is 51.4 Å². The fraction of sp³-hybridized carbons (Fsp3) is 1.00. The van der Waals surface area contributed by atoms with Crippen LogP contribution in [-0.4, -0.2) is 29.9 Å². The fourth-order valence-electron chi connectivity index (χ4n) is 0.473. The molecule has 0 bridgehead atoms. The van der Waals surface area contributed by atoms with E-state index in [1.54, 1.807) is 0 Å². The second-order valence-corrected chi connectivity index (χ2v) is 2.12. The molecule has 0 spiro atoms. The number of rotatable bonds is 4. The zero-order valence-corrected chi connectivity index (χ0v) is 9.43. The van der Waals surface area contributed by atoms with Crippen molar-refractivity contribution in [1.82, 2.24) is 0 Å². The van der Waals surface area contributed by atoms with E-state index in [2.05, 4.69) is 0 Å². The van der Waals surface area contributed by atoms with Crippen LogP contribution in [0.4, 0.5) is 12.9 Å². The van der Waals surface area contributed by atoms with Crippen molar-refractivity contribution in [2.75, 3.05) is 6.61 Å². The van der Waals surface area contributed by atoms with E-state index in [0.29, 0.717) is 0 Å². The first-order valence-electron chi connectivity index (χ1n) is 2.95. The van der Waals surface area contributed by atoms with Crippen LogP contribution in [0.15, 0.2) is 0 Å². The van der Waals surface area contributed by atoms with Gasteiger partial charge in [-0.3, -0.25) is 0 Å². The zero-order valence-electron chi connectivity index (χ0n) is 6.30. The SMILES string of the molecule is OCC(O)CC[B-](F)(F)F.[K+]. The van der Waals surface area contributed by atoms with E-state index in [1.165, 1.54) is 0 Å². The third-order valence-corrected chi connectivity index (χ3v) is 1.04. The van der Waals surface area contributed by atoms with E-state index in [1.807, 2.05) is 0 Å². The van der Waals surface area contributed by atoms with E-state index in [4.69, 9.17) is 10.2 Å². The predicted molar refractivity (Wildman–Crippen MR) is 31.6 cm³/mol. The Kier molecular flexibility index (Phi) is 9.32. The van der Waals surface area contributed by atoms with Crippen LogP contribution in [0.3, 0.4) is 0 Å². The summed E-state index contributed by atoms with van der Waals surface area (Å²) in [6.45, 7) is -5.42. The first kappa shape index (κ1) is 14.9. The van der Waals surface area contributed by atoms with Gasteiger partial charge in [-0.05, 0) is 6.42 Å². The standard InChI is InChI=1S/C4H9BF3O2.K/c6-5(7,8)2-1-4(10)3-9;/h4,9-10H,1-3H2;/q-1;+1. The minimum absolute atomic E-state index is 0. The van der Waals surface area contributed by atoms with Gasteiger partial charge in [0, 0.05) is 0 Å². The maximum absolute atomic E-state index is 11.4. The molecule has 0 rings (SSSR count). The van der Waals surface area contributed by atoms with Crippen LogP contribution in [-0.2, 0) is 0 Å². The van der Waals surface area contributed by atoms with Gasteiger partial charge in [-0.1, -0.05) is 6.32 Å². The van der Waals surface area contributed by atoms with Gasteiger partial charge >= 0.3 is 58.4 Å². The molecule has 62 valence electrons. The van der Waals surface area contributed by atoms with Crippen molar-refractivity contribution in [3.63, 3.8) is 0 Å². The summed E-state index contributed by atoms with van der Waals surface area (Å²) in [5, 5.41) is 16.6. The Morgan fingerprint density at radius 1 is 1.27 bits per heavy atom. The molecule has 11 heavy (non-hydrogen) atoms. The monoisotopic (exact) mass is 196 g/mol. The van der Waals surface area contributed by atoms with Gasteiger partial charge in [0.15, 0.2) is 0 Å². The molecule has 0 amide bonds. The Morgan fingerprint density at radius 3 is 2.00 bits per heavy atom. The number of halogens is 3. The summed E-state index contributed by atoms with van der Waals surface area (Å²) in [6, 6.07) is 0. The summed E-state index contributed by atoms with van der Waals surface area (Å²) in [6.07, 6.45) is -2.62. The van der Waals surface area contributed by atoms with Crippen molar-refractivity contribution >= 4 is 6.98 Å². The van der Waals surface area contributed by atoms with Crippen molar-refractivity contribution in [3.05, 3.63) is 0 Å². The van der Waals surface area contributed by atoms with Crippen molar-refractivity contribution in [3.8, 4) is 0 Å². The van der Waals surface area contributed by atoms with Gasteiger partial charge in [-0.15, -0.1) is 0 Å². The molecule has 1 atom stereocenters. The molecule has 0 heterocycles. The molecular formula is C4H9BF3KO2. The molecule has 0 aromatic rings. The van der Waals surface area contributed by atoms with Crippen LogP contribution >= 0.6 is 0 Å². The Labute approximate surface area is 106 Å². The number of aliphatic hydroxyl groups excluding tert-OH is 2. The quantitative estimate of drug-likeness (QED) is 0.491. The van der Waals surface area contributed by atoms with Gasteiger partial charge in [-0.2, -0.15) is 0 Å². The molecule has 0 fully saturated rings. The van der Waals surface area contributed by atoms with Gasteiger partial charge in [0.25, 0.3) is 0 Å². The van der Waals surface area contributed by atoms with Crippen LogP contribution in [0.2, 0.25) is 6.32 Å². The minimum Gasteiger partial charge on any atom is -0.449 e. The fourth-order valence-corrected chi connectivity index (χ4v) is 0.473. The molecular weight excluding hydrogens is 187 g/mol. The average molecular weight is 196 g/mol. The molecule has 0 radical (unpaired) electrons. The normalized spacial score (nSPS) is 13.9. The first-order chi connectivity index (χ1) is 4.45. The third-order valence-electron chi connectivity index (χ3n) is 1.04. The Balaban J connectivity index is 0. The van der Waals surface area contributed by atoms with E-state index in [0.717, 1.165) is 0 Å². The topological polar surface area (TPSA) is 40.5 Å². The minimum atomic E-state index is -4.81. The molecule has 2 nitrogen and oxygen atoms in total. The molecule has 0 aromatic heterocycles. The van der Waals surface area contributed by atoms with E-state index in [9.17, 15) is 12.9 Å². The molecule has 0 aliphatic heterocycles. The third kappa shape index (κ3) is 11.4. The molecule has 2 N–H and O–H groups in total. The second-order valence-electron chi connectivity index (χ2n) is 2.12. The smallest absolute Gasteiger partial charge is 0.449 e. The predicted octanol–water partition coefficient (Wildman–Crippen LogP) is -2.42. The van der Waals surface area contributed by atoms with Gasteiger partial charge in [-0.25, -0.2) is 0 Å². The molecule has 0 saturated heterocycles. The summed E-state index contributed by atoms with van der Waals surface area (Å²) in [7, 11) is 0. The maximum Gasteiger partial charge on any atom is 1.00 e. The Morgan fingerprint density at radius 2 is 1.73 bits per heavy atom. The van der Waals surface area contributed by atoms with Crippen LogP contribution in [0.5, 0.6) is 0 Å². The summed E-state index contributed by atoms with van der Waals surface area (Å²) in [5.74, 6) is 0. The maximum atomic E-state index is 11.4. The number of aliphatic hydroxyl groups is 2. The summed E-state index contributed by atoms with van der Waals surface area (Å²) in [5.41, 5.74) is 0. The van der Waals surface area contributed by atoms with Crippen molar-refractivity contribution in [1.29, 1.82) is 0 Å². The van der Waals surface area contributed by atoms with Crippen molar-refractivity contribution in [2.45, 2.75) is 18.8 Å². The number of hydrogen-bond acceptors (Lipinski definition) is 2. The summed E-state index contributed by atoms with van der Waals surface area (Å²) in [4.78, 5) is 0. The van der Waals surface area contributed by atoms with Crippen LogP contribution < -0.4 is 51.4 Å². The summed E-state index contributed by atoms with van der Waals surface area (Å²) >= 11 is 0. The molecule has 0 saturated carbocycles. The largest absolute Gasteiger partial charge is 1.00 e. The van der Waals surface area contributed by atoms with E-state index < -0.39 is 32.4 Å². The van der Waals surface area contributed by atoms with Crippen LogP contribution in [0, 0.1) is 0 Å². The molecule has 0 aliphatic carbocycles. The molecule has 0 aliphatic rings. The number of hydrogen-bond donors (Lipinski definition) is 2. The summed E-state index contributed by atoms with van der Waals surface area (Å²) < 4.78 is 34.3.